The number of halogens is 3. The second kappa shape index (κ2) is 8.13. The lowest BCUT2D eigenvalue weighted by Crippen LogP contribution is -2.24. The Morgan fingerprint density at radius 2 is 2.22 bits per heavy atom. The van der Waals surface area contributed by atoms with Gasteiger partial charge in [-0.2, -0.15) is 0 Å². The highest BCUT2D eigenvalue weighted by Gasteiger charge is 2.23. The number of nitrogens with zero attached hydrogens (tertiary/aromatic N) is 1. The van der Waals surface area contributed by atoms with E-state index in [-0.39, 0.29) is 30.2 Å². The first-order valence-electron chi connectivity index (χ1n) is 7.32. The van der Waals surface area contributed by atoms with Gasteiger partial charge in [-0.1, -0.05) is 24.6 Å². The van der Waals surface area contributed by atoms with Gasteiger partial charge in [0.25, 0.3) is 0 Å². The SMILES string of the molecule is CC[C@@H](NCCF)c1ccc(Cl)c(C(=O)c2cccnc2)c1F.[HH]. The van der Waals surface area contributed by atoms with Crippen LogP contribution in [0.3, 0.4) is 0 Å². The van der Waals surface area contributed by atoms with E-state index in [1.165, 1.54) is 24.5 Å². The first-order valence-corrected chi connectivity index (χ1v) is 7.69. The van der Waals surface area contributed by atoms with Crippen LogP contribution in [0.15, 0.2) is 36.7 Å². The molecule has 0 radical (unpaired) electrons. The van der Waals surface area contributed by atoms with Gasteiger partial charge in [-0.25, -0.2) is 8.78 Å². The van der Waals surface area contributed by atoms with Gasteiger partial charge < -0.3 is 5.32 Å². The molecule has 1 aromatic heterocycles. The van der Waals surface area contributed by atoms with Crippen LogP contribution in [-0.2, 0) is 0 Å². The molecule has 1 atom stereocenters. The first-order chi connectivity index (χ1) is 11.1. The van der Waals surface area contributed by atoms with Crippen LogP contribution in [-0.4, -0.2) is 24.0 Å². The lowest BCUT2D eigenvalue weighted by Gasteiger charge is -2.19. The van der Waals surface area contributed by atoms with Crippen molar-refractivity contribution < 1.29 is 15.0 Å². The Labute approximate surface area is 140 Å². The number of rotatable bonds is 7. The highest BCUT2D eigenvalue weighted by Crippen LogP contribution is 2.29. The van der Waals surface area contributed by atoms with Gasteiger partial charge in [0.2, 0.25) is 0 Å². The lowest BCUT2D eigenvalue weighted by molar-refractivity contribution is 0.103. The summed E-state index contributed by atoms with van der Waals surface area (Å²) in [5, 5.41) is 2.96. The van der Waals surface area contributed by atoms with Crippen molar-refractivity contribution in [1.29, 1.82) is 0 Å². The summed E-state index contributed by atoms with van der Waals surface area (Å²) < 4.78 is 27.2. The molecule has 0 spiro atoms. The molecule has 0 aliphatic carbocycles. The topological polar surface area (TPSA) is 42.0 Å². The first kappa shape index (κ1) is 17.5. The second-order valence-corrected chi connectivity index (χ2v) is 5.41. The Bertz CT molecular complexity index is 686. The van der Waals surface area contributed by atoms with Crippen LogP contribution in [0, 0.1) is 5.82 Å². The van der Waals surface area contributed by atoms with Gasteiger partial charge in [0, 0.05) is 37.5 Å². The zero-order valence-corrected chi connectivity index (χ0v) is 13.4. The predicted octanol–water partition coefficient (Wildman–Crippen LogP) is 4.36. The third kappa shape index (κ3) is 3.92. The quantitative estimate of drug-likeness (QED) is 0.761. The van der Waals surface area contributed by atoms with E-state index in [9.17, 15) is 13.6 Å². The number of aromatic nitrogens is 1. The smallest absolute Gasteiger partial charge is 0.199 e. The van der Waals surface area contributed by atoms with E-state index >= 15 is 0 Å². The molecule has 0 fully saturated rings. The van der Waals surface area contributed by atoms with Gasteiger partial charge in [-0.3, -0.25) is 9.78 Å². The average molecular weight is 341 g/mol. The summed E-state index contributed by atoms with van der Waals surface area (Å²) in [7, 11) is 0. The molecule has 3 nitrogen and oxygen atoms in total. The summed E-state index contributed by atoms with van der Waals surface area (Å²) in [5.41, 5.74) is 0.380. The number of ketones is 1. The summed E-state index contributed by atoms with van der Waals surface area (Å²) in [5.74, 6) is -1.20. The Morgan fingerprint density at radius 1 is 1.43 bits per heavy atom. The summed E-state index contributed by atoms with van der Waals surface area (Å²) in [6.07, 6.45) is 3.45. The van der Waals surface area contributed by atoms with Gasteiger partial charge >= 0.3 is 0 Å². The second-order valence-electron chi connectivity index (χ2n) is 5.00. The van der Waals surface area contributed by atoms with Gasteiger partial charge in [-0.05, 0) is 24.6 Å². The number of nitrogens with one attached hydrogen (secondary N) is 1. The number of benzene rings is 1. The molecule has 1 N–H and O–H groups in total. The molecule has 0 amide bonds. The third-order valence-corrected chi connectivity index (χ3v) is 3.86. The normalized spacial score (nSPS) is 12.2. The van der Waals surface area contributed by atoms with E-state index in [0.29, 0.717) is 12.0 Å². The van der Waals surface area contributed by atoms with Gasteiger partial charge in [0.05, 0.1) is 10.6 Å². The lowest BCUT2D eigenvalue weighted by atomic mass is 9.96. The van der Waals surface area contributed by atoms with Crippen LogP contribution in [0.2, 0.25) is 5.02 Å². The van der Waals surface area contributed by atoms with Crippen molar-refractivity contribution in [2.45, 2.75) is 19.4 Å². The maximum Gasteiger partial charge on any atom is 0.199 e. The molecule has 2 rings (SSSR count). The molecule has 2 aromatic rings. The maximum atomic E-state index is 14.9. The van der Waals surface area contributed by atoms with E-state index < -0.39 is 18.3 Å². The third-order valence-electron chi connectivity index (χ3n) is 3.54. The number of alkyl halides is 1. The molecule has 0 aliphatic heterocycles. The van der Waals surface area contributed by atoms with E-state index in [1.54, 1.807) is 12.1 Å². The van der Waals surface area contributed by atoms with Crippen LogP contribution in [0.4, 0.5) is 8.78 Å². The molecule has 1 aromatic carbocycles. The van der Waals surface area contributed by atoms with Crippen molar-refractivity contribution in [2.24, 2.45) is 0 Å². The van der Waals surface area contributed by atoms with E-state index in [0.717, 1.165) is 0 Å². The molecule has 0 saturated carbocycles. The Kier molecular flexibility index (Phi) is 6.19. The fourth-order valence-electron chi connectivity index (χ4n) is 2.39. The van der Waals surface area contributed by atoms with Gasteiger partial charge in [0.1, 0.15) is 12.5 Å². The minimum Gasteiger partial charge on any atom is -0.307 e. The molecular formula is C17H19ClF2N2O. The number of hydrogen-bond acceptors (Lipinski definition) is 3. The van der Waals surface area contributed by atoms with Crippen molar-refractivity contribution in [3.8, 4) is 0 Å². The highest BCUT2D eigenvalue weighted by molar-refractivity contribution is 6.35. The van der Waals surface area contributed by atoms with Crippen molar-refractivity contribution in [3.05, 3.63) is 64.2 Å². The standard InChI is InChI=1S/C17H17ClF2N2O.H2/c1-2-14(22-9-7-19)12-5-6-13(18)15(16(12)20)17(23)11-4-3-8-21-10-11;/h3-6,8,10,14,22H,2,7,9H2,1H3;1H/t14-;/m1./s1. The Hall–Kier alpha value is -1.85. The largest absolute Gasteiger partial charge is 0.307 e. The van der Waals surface area contributed by atoms with E-state index in [1.807, 2.05) is 6.92 Å². The van der Waals surface area contributed by atoms with Crippen LogP contribution in [0.25, 0.3) is 0 Å². The summed E-state index contributed by atoms with van der Waals surface area (Å²) in [6.45, 7) is 1.42. The summed E-state index contributed by atoms with van der Waals surface area (Å²) in [4.78, 5) is 16.4. The fourth-order valence-corrected chi connectivity index (χ4v) is 2.62. The molecule has 0 aliphatic rings. The molecule has 1 heterocycles. The van der Waals surface area contributed by atoms with Crippen LogP contribution in [0.1, 0.15) is 42.3 Å². The fraction of sp³-hybridized carbons (Fsp3) is 0.294. The van der Waals surface area contributed by atoms with E-state index in [2.05, 4.69) is 10.3 Å². The summed E-state index contributed by atoms with van der Waals surface area (Å²) >= 11 is 6.04. The minimum atomic E-state index is -0.676. The van der Waals surface area contributed by atoms with Crippen molar-refractivity contribution in [1.82, 2.24) is 10.3 Å². The zero-order valence-electron chi connectivity index (χ0n) is 12.7. The predicted molar refractivity (Wildman–Crippen MR) is 88.2 cm³/mol. The zero-order chi connectivity index (χ0) is 16.8. The van der Waals surface area contributed by atoms with Crippen LogP contribution >= 0.6 is 11.6 Å². The summed E-state index contributed by atoms with van der Waals surface area (Å²) in [6, 6.07) is 5.78. The number of pyridine rings is 1. The van der Waals surface area contributed by atoms with Crippen LogP contribution in [0.5, 0.6) is 0 Å². The van der Waals surface area contributed by atoms with Crippen molar-refractivity contribution in [3.63, 3.8) is 0 Å². The van der Waals surface area contributed by atoms with Gasteiger partial charge in [0.15, 0.2) is 5.78 Å². The average Bonchev–Trinajstić information content (AvgIpc) is 2.57. The number of hydrogen-bond donors (Lipinski definition) is 1. The Morgan fingerprint density at radius 3 is 2.83 bits per heavy atom. The monoisotopic (exact) mass is 340 g/mol. The minimum absolute atomic E-state index is 0. The molecule has 0 unspecified atom stereocenters. The van der Waals surface area contributed by atoms with Gasteiger partial charge in [-0.15, -0.1) is 0 Å². The molecule has 0 bridgehead atoms. The molecule has 6 heteroatoms. The van der Waals surface area contributed by atoms with E-state index in [4.69, 9.17) is 11.6 Å². The number of carbonyl (C=O) groups is 1. The molecular weight excluding hydrogens is 322 g/mol. The molecule has 0 saturated heterocycles. The number of carbonyl (C=O) groups excluding carboxylic acids is 1. The molecule has 23 heavy (non-hydrogen) atoms. The maximum absolute atomic E-state index is 14.9. The Balaban J connectivity index is 0.00000288. The van der Waals surface area contributed by atoms with Crippen LogP contribution < -0.4 is 5.32 Å². The highest BCUT2D eigenvalue weighted by atomic mass is 35.5. The van der Waals surface area contributed by atoms with Crippen molar-refractivity contribution >= 4 is 17.4 Å². The molecule has 124 valence electrons. The van der Waals surface area contributed by atoms with Crippen molar-refractivity contribution in [2.75, 3.05) is 13.2 Å².